The maximum absolute atomic E-state index is 14.6. The van der Waals surface area contributed by atoms with Crippen LogP contribution in [0.2, 0.25) is 0 Å². The Morgan fingerprint density at radius 1 is 0.980 bits per heavy atom. The van der Waals surface area contributed by atoms with Crippen LogP contribution in [0.4, 0.5) is 8.78 Å². The van der Waals surface area contributed by atoms with Gasteiger partial charge in [0.25, 0.3) is 22.4 Å². The molecule has 258 valence electrons. The fraction of sp³-hybridized carbons (Fsp3) is 0.400. The predicted molar refractivity (Wildman–Crippen MR) is 179 cm³/mol. The van der Waals surface area contributed by atoms with E-state index >= 15 is 0 Å². The third-order valence-electron chi connectivity index (χ3n) is 9.25. The fourth-order valence-electron chi connectivity index (χ4n) is 6.83. The average molecular weight is 693 g/mol. The number of benzene rings is 3. The second-order valence-electron chi connectivity index (χ2n) is 12.3. The highest BCUT2D eigenvalue weighted by atomic mass is 32.2. The fourth-order valence-corrected chi connectivity index (χ4v) is 8.23. The van der Waals surface area contributed by atoms with Crippen LogP contribution in [-0.2, 0) is 14.8 Å². The molecule has 49 heavy (non-hydrogen) atoms. The van der Waals surface area contributed by atoms with Gasteiger partial charge in [0.1, 0.15) is 18.4 Å². The molecule has 0 radical (unpaired) electrons. The number of hydrogen-bond acceptors (Lipinski definition) is 8. The second-order valence-corrected chi connectivity index (χ2v) is 14.1. The maximum Gasteiger partial charge on any atom is 0.344 e. The average Bonchev–Trinajstić information content (AvgIpc) is 3.72. The molecule has 1 amide bonds. The highest BCUT2D eigenvalue weighted by Gasteiger charge is 2.38. The van der Waals surface area contributed by atoms with Gasteiger partial charge in [-0.15, -0.1) is 0 Å². The van der Waals surface area contributed by atoms with Gasteiger partial charge in [0.2, 0.25) is 0 Å². The van der Waals surface area contributed by atoms with Crippen molar-refractivity contribution in [1.29, 1.82) is 5.26 Å². The molecular weight excluding hydrogens is 654 g/mol. The summed E-state index contributed by atoms with van der Waals surface area (Å²) in [5.74, 6) is -0.311. The summed E-state index contributed by atoms with van der Waals surface area (Å²) in [6.45, 7) is 7.11. The summed E-state index contributed by atoms with van der Waals surface area (Å²) in [7, 11) is -4.57. The highest BCUT2D eigenvalue weighted by Crippen LogP contribution is 2.30. The number of nitriles is 1. The molecule has 1 aromatic heterocycles. The minimum Gasteiger partial charge on any atom is -0.488 e. The molecule has 0 aliphatic carbocycles. The molecule has 11 nitrogen and oxygen atoms in total. The lowest BCUT2D eigenvalue weighted by Crippen LogP contribution is -2.51. The van der Waals surface area contributed by atoms with Gasteiger partial charge in [-0.2, -0.15) is 9.23 Å². The third kappa shape index (κ3) is 6.96. The molecule has 0 N–H and O–H groups in total. The van der Waals surface area contributed by atoms with E-state index in [9.17, 15) is 32.0 Å². The van der Waals surface area contributed by atoms with Crippen LogP contribution in [0.5, 0.6) is 5.75 Å². The molecule has 0 spiro atoms. The van der Waals surface area contributed by atoms with E-state index in [0.29, 0.717) is 22.6 Å². The Bertz CT molecular complexity index is 2000. The number of aromatic nitrogens is 2. The summed E-state index contributed by atoms with van der Waals surface area (Å²) in [6, 6.07) is 18.7. The Hall–Kier alpha value is -4.58. The van der Waals surface area contributed by atoms with Crippen LogP contribution in [0, 0.1) is 11.3 Å². The highest BCUT2D eigenvalue weighted by molar-refractivity contribution is 7.90. The molecule has 14 heteroatoms. The maximum atomic E-state index is 14.6. The zero-order valence-electron chi connectivity index (χ0n) is 27.1. The van der Waals surface area contributed by atoms with Crippen LogP contribution in [0.15, 0.2) is 82.5 Å². The quantitative estimate of drug-likeness (QED) is 0.233. The zero-order chi connectivity index (χ0) is 34.7. The van der Waals surface area contributed by atoms with Crippen LogP contribution in [0.1, 0.15) is 36.9 Å². The number of imidazole rings is 1. The van der Waals surface area contributed by atoms with Crippen molar-refractivity contribution in [2.24, 2.45) is 0 Å². The van der Waals surface area contributed by atoms with Gasteiger partial charge >= 0.3 is 5.69 Å². The SMILES string of the molecule is CCCN1CCN(C2CCN(C(=O)C(c3ccccc3)n3c(=O)n(S(=O)(=O)c4ccc(OCC(F)F)cc4)c4ccc(C#N)cc43)C2)CC1. The second kappa shape index (κ2) is 14.5. The number of hydrogen-bond donors (Lipinski definition) is 0. The molecule has 2 unspecified atom stereocenters. The minimum absolute atomic E-state index is 0.0139. The normalized spacial score (nSPS) is 18.2. The smallest absolute Gasteiger partial charge is 0.344 e. The monoisotopic (exact) mass is 692 g/mol. The van der Waals surface area contributed by atoms with E-state index < -0.39 is 34.8 Å². The molecule has 4 aromatic rings. The van der Waals surface area contributed by atoms with Crippen LogP contribution < -0.4 is 10.4 Å². The van der Waals surface area contributed by atoms with Crippen LogP contribution in [0.3, 0.4) is 0 Å². The number of halogens is 2. The molecule has 6 rings (SSSR count). The van der Waals surface area contributed by atoms with Gasteiger partial charge in [-0.05, 0) is 67.4 Å². The van der Waals surface area contributed by atoms with Crippen molar-refractivity contribution in [1.82, 2.24) is 23.2 Å². The van der Waals surface area contributed by atoms with Gasteiger partial charge in [0.05, 0.1) is 27.6 Å². The number of alkyl halides is 2. The lowest BCUT2D eigenvalue weighted by atomic mass is 10.0. The van der Waals surface area contributed by atoms with E-state index in [4.69, 9.17) is 4.74 Å². The standard InChI is InChI=1S/C35H38F2N6O5S/c1-2-15-39-17-19-40(20-18-39)27-14-16-41(23-27)34(44)33(26-6-4-3-5-7-26)42-31-21-25(22-38)8-13-30(31)43(35(42)45)49(46,47)29-11-9-28(10-12-29)48-24-32(36)37/h3-13,21,27,32-33H,2,14-20,23-24H2,1H3. The van der Waals surface area contributed by atoms with Crippen molar-refractivity contribution in [3.05, 3.63) is 94.4 Å². The number of likely N-dealkylation sites (tertiary alicyclic amines) is 1. The predicted octanol–water partition coefficient (Wildman–Crippen LogP) is 3.77. The first-order valence-electron chi connectivity index (χ1n) is 16.4. The Balaban J connectivity index is 1.40. The molecule has 2 saturated heterocycles. The lowest BCUT2D eigenvalue weighted by molar-refractivity contribution is -0.132. The van der Waals surface area contributed by atoms with E-state index in [0.717, 1.165) is 45.6 Å². The van der Waals surface area contributed by atoms with Crippen molar-refractivity contribution in [3.63, 3.8) is 0 Å². The van der Waals surface area contributed by atoms with E-state index in [-0.39, 0.29) is 39.2 Å². The van der Waals surface area contributed by atoms with Gasteiger partial charge in [-0.1, -0.05) is 37.3 Å². The van der Waals surface area contributed by atoms with Gasteiger partial charge < -0.3 is 14.5 Å². The molecule has 3 aromatic carbocycles. The number of amides is 1. The molecule has 2 atom stereocenters. The van der Waals surface area contributed by atoms with E-state index in [1.54, 1.807) is 35.2 Å². The summed E-state index contributed by atoms with van der Waals surface area (Å²) in [4.78, 5) is 35.4. The summed E-state index contributed by atoms with van der Waals surface area (Å²) < 4.78 is 60.2. The van der Waals surface area contributed by atoms with Crippen LogP contribution in [0.25, 0.3) is 11.0 Å². The number of carbonyl (C=O) groups excluding carboxylic acids is 1. The van der Waals surface area contributed by atoms with Gasteiger partial charge in [-0.3, -0.25) is 14.3 Å². The minimum atomic E-state index is -4.57. The number of rotatable bonds is 11. The summed E-state index contributed by atoms with van der Waals surface area (Å²) in [5.41, 5.74) is -0.216. The Kier molecular flexibility index (Phi) is 10.1. The molecular formula is C35H38F2N6O5S. The first-order chi connectivity index (χ1) is 23.6. The first-order valence-corrected chi connectivity index (χ1v) is 17.8. The Morgan fingerprint density at radius 3 is 2.35 bits per heavy atom. The Labute approximate surface area is 283 Å². The van der Waals surface area contributed by atoms with Gasteiger partial charge in [-0.25, -0.2) is 22.0 Å². The molecule has 3 heterocycles. The van der Waals surface area contributed by atoms with E-state index in [1.165, 1.54) is 47.0 Å². The van der Waals surface area contributed by atoms with Gasteiger partial charge in [0, 0.05) is 45.3 Å². The largest absolute Gasteiger partial charge is 0.488 e. The van der Waals surface area contributed by atoms with Crippen molar-refractivity contribution in [2.45, 2.75) is 43.2 Å². The zero-order valence-corrected chi connectivity index (χ0v) is 27.9. The summed E-state index contributed by atoms with van der Waals surface area (Å²) >= 11 is 0. The topological polar surface area (TPSA) is 121 Å². The molecule has 0 bridgehead atoms. The first kappa shape index (κ1) is 34.3. The number of fused-ring (bicyclic) bond motifs is 1. The number of ether oxygens (including phenoxy) is 1. The van der Waals surface area contributed by atoms with E-state index in [1.807, 2.05) is 6.07 Å². The number of piperazine rings is 1. The summed E-state index contributed by atoms with van der Waals surface area (Å²) in [5, 5.41) is 9.74. The van der Waals surface area contributed by atoms with Crippen molar-refractivity contribution in [3.8, 4) is 11.8 Å². The number of nitrogens with zero attached hydrogens (tertiary/aromatic N) is 6. The van der Waals surface area contributed by atoms with Crippen molar-refractivity contribution < 1.29 is 26.7 Å². The Morgan fingerprint density at radius 2 is 1.69 bits per heavy atom. The number of carbonyl (C=O) groups is 1. The van der Waals surface area contributed by atoms with Crippen LogP contribution >= 0.6 is 0 Å². The lowest BCUT2D eigenvalue weighted by Gasteiger charge is -2.38. The van der Waals surface area contributed by atoms with Crippen LogP contribution in [-0.4, -0.2) is 102 Å². The van der Waals surface area contributed by atoms with Crippen molar-refractivity contribution >= 4 is 27.0 Å². The molecule has 0 saturated carbocycles. The third-order valence-corrected chi connectivity index (χ3v) is 10.9. The molecule has 2 aliphatic rings. The van der Waals surface area contributed by atoms with Crippen molar-refractivity contribution in [2.75, 3.05) is 52.4 Å². The van der Waals surface area contributed by atoms with E-state index in [2.05, 4.69) is 16.7 Å². The van der Waals surface area contributed by atoms with Gasteiger partial charge in [0.15, 0.2) is 0 Å². The molecule has 2 aliphatic heterocycles. The molecule has 2 fully saturated rings. The summed E-state index contributed by atoms with van der Waals surface area (Å²) in [6.07, 6.45) is -0.828.